The molecule has 1 aromatic rings. The molecule has 21 heavy (non-hydrogen) atoms. The molecule has 1 aromatic carbocycles. The highest BCUT2D eigenvalue weighted by Crippen LogP contribution is 2.26. The molecule has 0 atom stereocenters. The van der Waals surface area contributed by atoms with E-state index in [1.165, 1.54) is 16.7 Å². The number of carboxylic acid groups (broad SMARTS) is 1. The quantitative estimate of drug-likeness (QED) is 0.809. The van der Waals surface area contributed by atoms with Crippen LogP contribution in [0.3, 0.4) is 0 Å². The van der Waals surface area contributed by atoms with E-state index in [1.807, 2.05) is 6.92 Å². The summed E-state index contributed by atoms with van der Waals surface area (Å²) in [7, 11) is 0. The first-order valence-corrected chi connectivity index (χ1v) is 7.74. The molecule has 4 heteroatoms. The fourth-order valence-electron chi connectivity index (χ4n) is 3.16. The fourth-order valence-corrected chi connectivity index (χ4v) is 3.16. The highest BCUT2D eigenvalue weighted by Gasteiger charge is 2.33. The summed E-state index contributed by atoms with van der Waals surface area (Å²) in [5.41, 5.74) is 3.93. The van der Waals surface area contributed by atoms with Crippen LogP contribution in [0.5, 0.6) is 0 Å². The summed E-state index contributed by atoms with van der Waals surface area (Å²) >= 11 is 0. The molecule has 0 aromatic heterocycles. The Labute approximate surface area is 127 Å². The van der Waals surface area contributed by atoms with E-state index < -0.39 is 5.97 Å². The van der Waals surface area contributed by atoms with Crippen molar-refractivity contribution in [2.75, 3.05) is 13.1 Å². The molecule has 1 aliphatic carbocycles. The van der Waals surface area contributed by atoms with Crippen LogP contribution in [0.15, 0.2) is 18.2 Å². The second kappa shape index (κ2) is 7.05. The molecule has 116 valence electrons. The normalized spacial score (nSPS) is 21.3. The molecule has 0 saturated heterocycles. The van der Waals surface area contributed by atoms with Crippen molar-refractivity contribution in [2.45, 2.75) is 52.2 Å². The van der Waals surface area contributed by atoms with Crippen molar-refractivity contribution in [2.24, 2.45) is 0 Å². The minimum atomic E-state index is -0.733. The smallest absolute Gasteiger partial charge is 0.317 e. The number of carboxylic acids is 1. The van der Waals surface area contributed by atoms with Gasteiger partial charge >= 0.3 is 5.97 Å². The van der Waals surface area contributed by atoms with Gasteiger partial charge in [-0.05, 0) is 38.8 Å². The van der Waals surface area contributed by atoms with E-state index in [0.717, 1.165) is 25.9 Å². The number of nitrogens with one attached hydrogen (secondary N) is 1. The Kier molecular flexibility index (Phi) is 5.37. The molecule has 1 fully saturated rings. The molecule has 0 aliphatic heterocycles. The predicted octanol–water partition coefficient (Wildman–Crippen LogP) is 2.33. The maximum Gasteiger partial charge on any atom is 0.317 e. The van der Waals surface area contributed by atoms with Crippen molar-refractivity contribution in [1.82, 2.24) is 10.2 Å². The zero-order valence-corrected chi connectivity index (χ0v) is 13.2. The molecular formula is C17H26N2O2. The van der Waals surface area contributed by atoms with Crippen LogP contribution in [0.25, 0.3) is 0 Å². The average Bonchev–Trinajstić information content (AvgIpc) is 2.33. The summed E-state index contributed by atoms with van der Waals surface area (Å²) in [5, 5.41) is 12.5. The van der Waals surface area contributed by atoms with Crippen molar-refractivity contribution < 1.29 is 9.90 Å². The Hall–Kier alpha value is -1.39. The van der Waals surface area contributed by atoms with E-state index in [2.05, 4.69) is 42.3 Å². The van der Waals surface area contributed by atoms with Crippen LogP contribution in [0.1, 0.15) is 36.5 Å². The summed E-state index contributed by atoms with van der Waals surface area (Å²) < 4.78 is 0. The maximum atomic E-state index is 10.8. The summed E-state index contributed by atoms with van der Waals surface area (Å²) in [5.74, 6) is -0.733. The number of hydrogen-bond donors (Lipinski definition) is 2. The Morgan fingerprint density at radius 1 is 1.29 bits per heavy atom. The molecule has 2 N–H and O–H groups in total. The molecule has 0 bridgehead atoms. The fraction of sp³-hybridized carbons (Fsp3) is 0.588. The number of rotatable bonds is 7. The van der Waals surface area contributed by atoms with Gasteiger partial charge in [-0.25, -0.2) is 0 Å². The Morgan fingerprint density at radius 2 is 1.90 bits per heavy atom. The van der Waals surface area contributed by atoms with Gasteiger partial charge in [-0.1, -0.05) is 36.2 Å². The first kappa shape index (κ1) is 16.0. The minimum Gasteiger partial charge on any atom is -0.480 e. The zero-order chi connectivity index (χ0) is 15.4. The van der Waals surface area contributed by atoms with Gasteiger partial charge in [-0.15, -0.1) is 0 Å². The van der Waals surface area contributed by atoms with E-state index in [1.54, 1.807) is 0 Å². The Morgan fingerprint density at radius 3 is 2.43 bits per heavy atom. The summed E-state index contributed by atoms with van der Waals surface area (Å²) in [4.78, 5) is 12.9. The highest BCUT2D eigenvalue weighted by atomic mass is 16.4. The van der Waals surface area contributed by atoms with E-state index in [0.29, 0.717) is 12.1 Å². The number of likely N-dealkylation sites (N-methyl/N-ethyl adjacent to an activating group) is 1. The lowest BCUT2D eigenvalue weighted by Crippen LogP contribution is -2.53. The largest absolute Gasteiger partial charge is 0.480 e. The monoisotopic (exact) mass is 290 g/mol. The van der Waals surface area contributed by atoms with Crippen molar-refractivity contribution in [3.05, 3.63) is 34.9 Å². The Bertz CT molecular complexity index is 475. The lowest BCUT2D eigenvalue weighted by molar-refractivity contribution is -0.139. The Balaban J connectivity index is 1.76. The second-order valence-electron chi connectivity index (χ2n) is 6.16. The van der Waals surface area contributed by atoms with Crippen molar-refractivity contribution in [1.29, 1.82) is 0 Å². The summed E-state index contributed by atoms with van der Waals surface area (Å²) in [6.45, 7) is 8.14. The van der Waals surface area contributed by atoms with Crippen LogP contribution in [0, 0.1) is 13.8 Å². The van der Waals surface area contributed by atoms with Gasteiger partial charge in [0.15, 0.2) is 0 Å². The van der Waals surface area contributed by atoms with Crippen LogP contribution < -0.4 is 5.32 Å². The van der Waals surface area contributed by atoms with E-state index in [4.69, 9.17) is 5.11 Å². The number of benzene rings is 1. The van der Waals surface area contributed by atoms with Crippen LogP contribution >= 0.6 is 0 Å². The van der Waals surface area contributed by atoms with E-state index in [9.17, 15) is 4.79 Å². The van der Waals surface area contributed by atoms with Gasteiger partial charge < -0.3 is 10.4 Å². The zero-order valence-electron chi connectivity index (χ0n) is 13.2. The van der Waals surface area contributed by atoms with Crippen molar-refractivity contribution in [3.8, 4) is 0 Å². The lowest BCUT2D eigenvalue weighted by atomic mass is 9.85. The summed E-state index contributed by atoms with van der Waals surface area (Å²) in [6.07, 6.45) is 2.10. The van der Waals surface area contributed by atoms with Gasteiger partial charge in [0.1, 0.15) is 0 Å². The standard InChI is InChI=1S/C17H26N2O2/c1-4-19(11-17(20)21)16-8-15(9-16)18-10-14-6-12(2)5-13(3)7-14/h5-7,15-16,18H,4,8-11H2,1-3H3,(H,20,21). The maximum absolute atomic E-state index is 10.8. The van der Waals surface area contributed by atoms with Gasteiger partial charge in [-0.3, -0.25) is 9.69 Å². The third-order valence-corrected chi connectivity index (χ3v) is 4.25. The molecule has 0 radical (unpaired) electrons. The topological polar surface area (TPSA) is 52.6 Å². The first-order valence-electron chi connectivity index (χ1n) is 7.74. The third kappa shape index (κ3) is 4.55. The molecule has 0 unspecified atom stereocenters. The van der Waals surface area contributed by atoms with Crippen LogP contribution in [0.4, 0.5) is 0 Å². The van der Waals surface area contributed by atoms with Crippen LogP contribution in [-0.2, 0) is 11.3 Å². The molecule has 2 rings (SSSR count). The summed E-state index contributed by atoms with van der Waals surface area (Å²) in [6, 6.07) is 7.56. The molecule has 0 heterocycles. The highest BCUT2D eigenvalue weighted by molar-refractivity contribution is 5.69. The van der Waals surface area contributed by atoms with E-state index >= 15 is 0 Å². The van der Waals surface area contributed by atoms with Gasteiger partial charge in [0.25, 0.3) is 0 Å². The number of aryl methyl sites for hydroxylation is 2. The molecule has 1 saturated carbocycles. The number of carbonyl (C=O) groups is 1. The van der Waals surface area contributed by atoms with E-state index in [-0.39, 0.29) is 6.54 Å². The molecular weight excluding hydrogens is 264 g/mol. The van der Waals surface area contributed by atoms with Gasteiger partial charge in [-0.2, -0.15) is 0 Å². The minimum absolute atomic E-state index is 0.158. The first-order chi connectivity index (χ1) is 9.97. The van der Waals surface area contributed by atoms with Crippen LogP contribution in [-0.4, -0.2) is 41.1 Å². The molecule has 0 amide bonds. The van der Waals surface area contributed by atoms with Gasteiger partial charge in [0.2, 0.25) is 0 Å². The van der Waals surface area contributed by atoms with Crippen LogP contribution in [0.2, 0.25) is 0 Å². The molecule has 4 nitrogen and oxygen atoms in total. The SMILES string of the molecule is CCN(CC(=O)O)C1CC(NCc2cc(C)cc(C)c2)C1. The molecule has 1 aliphatic rings. The van der Waals surface area contributed by atoms with Gasteiger partial charge in [0.05, 0.1) is 6.54 Å². The number of hydrogen-bond acceptors (Lipinski definition) is 3. The second-order valence-corrected chi connectivity index (χ2v) is 6.16. The van der Waals surface area contributed by atoms with Crippen molar-refractivity contribution in [3.63, 3.8) is 0 Å². The van der Waals surface area contributed by atoms with Gasteiger partial charge in [0, 0.05) is 18.6 Å². The lowest BCUT2D eigenvalue weighted by Gasteiger charge is -2.42. The average molecular weight is 290 g/mol. The number of aliphatic carboxylic acids is 1. The predicted molar refractivity (Wildman–Crippen MR) is 84.4 cm³/mol. The van der Waals surface area contributed by atoms with Crippen molar-refractivity contribution >= 4 is 5.97 Å². The molecule has 0 spiro atoms. The third-order valence-electron chi connectivity index (χ3n) is 4.25. The number of nitrogens with zero attached hydrogens (tertiary/aromatic N) is 1.